The van der Waals surface area contributed by atoms with Crippen molar-refractivity contribution in [2.24, 2.45) is 5.92 Å². The number of para-hydroxylation sites is 1. The molecule has 5 atom stereocenters. The molecule has 4 aromatic rings. The Balaban J connectivity index is 1.14. The van der Waals surface area contributed by atoms with Gasteiger partial charge in [-0.05, 0) is 71.4 Å². The minimum Gasteiger partial charge on any atom is -0.484 e. The predicted octanol–water partition coefficient (Wildman–Crippen LogP) is 5.89. The zero-order valence-electron chi connectivity index (χ0n) is 32.9. The van der Waals surface area contributed by atoms with E-state index < -0.39 is 74.3 Å². The van der Waals surface area contributed by atoms with Crippen molar-refractivity contribution in [2.45, 2.75) is 113 Å². The van der Waals surface area contributed by atoms with Crippen molar-refractivity contribution in [2.75, 3.05) is 6.54 Å². The lowest BCUT2D eigenvalue weighted by atomic mass is 10.0. The second-order valence-electron chi connectivity index (χ2n) is 16.8. The van der Waals surface area contributed by atoms with E-state index in [0.717, 1.165) is 23.8 Å². The normalized spacial score (nSPS) is 26.1. The average molecular weight is 812 g/mol. The second kappa shape index (κ2) is 15.4. The summed E-state index contributed by atoms with van der Waals surface area (Å²) in [6.45, 7) is 5.16. The molecule has 1 saturated heterocycles. The maximum absolute atomic E-state index is 14.7. The van der Waals surface area contributed by atoms with Crippen molar-refractivity contribution in [3.63, 3.8) is 0 Å². The van der Waals surface area contributed by atoms with E-state index in [0.29, 0.717) is 60.2 Å². The molecule has 58 heavy (non-hydrogen) atoms. The first-order valence-corrected chi connectivity index (χ1v) is 21.6. The maximum Gasteiger partial charge on any atom is 0.408 e. The topological polar surface area (TPSA) is 186 Å². The summed E-state index contributed by atoms with van der Waals surface area (Å²) in [5.74, 6) is -1.99. The molecule has 0 spiro atoms. The number of furan rings is 1. The SMILES string of the molecule is CC(C)(C)OC(=O)NC1CCCCC/C=C/C2CC2(C(=O)NS(=O)(=O)C2CC2)NC(=O)C2CC(Oc3cc(-c4ccccc4)nc4c3oc3ccccc34)CN2C1=O. The van der Waals surface area contributed by atoms with Gasteiger partial charge >= 0.3 is 6.09 Å². The van der Waals surface area contributed by atoms with Crippen molar-refractivity contribution < 1.29 is 41.5 Å². The molecule has 3 N–H and O–H groups in total. The fourth-order valence-electron chi connectivity index (χ4n) is 7.97. The Morgan fingerprint density at radius 3 is 2.52 bits per heavy atom. The van der Waals surface area contributed by atoms with Crippen LogP contribution in [0.25, 0.3) is 33.3 Å². The summed E-state index contributed by atoms with van der Waals surface area (Å²) in [7, 11) is -3.91. The average Bonchev–Trinajstić information content (AvgIpc) is 4.08. The highest BCUT2D eigenvalue weighted by molar-refractivity contribution is 7.91. The molecule has 2 saturated carbocycles. The van der Waals surface area contributed by atoms with Crippen molar-refractivity contribution in [3.05, 3.63) is 72.8 Å². The highest BCUT2D eigenvalue weighted by Gasteiger charge is 2.62. The number of carbonyl (C=O) groups is 4. The molecule has 4 aliphatic rings. The Kier molecular flexibility index (Phi) is 10.4. The summed E-state index contributed by atoms with van der Waals surface area (Å²) in [6.07, 6.45) is 6.63. The van der Waals surface area contributed by atoms with Crippen LogP contribution in [0.3, 0.4) is 0 Å². The Morgan fingerprint density at radius 1 is 1.00 bits per heavy atom. The Labute approximate surface area is 337 Å². The minimum absolute atomic E-state index is 0.0278. The van der Waals surface area contributed by atoms with Gasteiger partial charge in [-0.2, -0.15) is 0 Å². The van der Waals surface area contributed by atoms with Gasteiger partial charge in [0.1, 0.15) is 40.4 Å². The molecule has 3 fully saturated rings. The molecule has 2 aliphatic heterocycles. The molecule has 4 heterocycles. The molecular weight excluding hydrogens is 763 g/mol. The van der Waals surface area contributed by atoms with Gasteiger partial charge in [0.2, 0.25) is 21.8 Å². The van der Waals surface area contributed by atoms with Crippen LogP contribution in [0.15, 0.2) is 77.2 Å². The van der Waals surface area contributed by atoms with E-state index in [2.05, 4.69) is 15.4 Å². The molecule has 4 amide bonds. The monoisotopic (exact) mass is 811 g/mol. The van der Waals surface area contributed by atoms with Gasteiger partial charge in [0, 0.05) is 29.4 Å². The fraction of sp³-hybridized carbons (Fsp3) is 0.465. The Bertz CT molecular complexity index is 2390. The van der Waals surface area contributed by atoms with Crippen LogP contribution in [-0.2, 0) is 29.1 Å². The number of carbonyl (C=O) groups excluding carboxylic acids is 4. The van der Waals surface area contributed by atoms with Crippen molar-refractivity contribution >= 4 is 55.9 Å². The number of allylic oxidation sites excluding steroid dienone is 1. The van der Waals surface area contributed by atoms with Gasteiger partial charge in [-0.3, -0.25) is 19.1 Å². The number of ether oxygens (including phenoxy) is 2. The molecule has 2 aromatic carbocycles. The lowest BCUT2D eigenvalue weighted by Crippen LogP contribution is -2.58. The third-order valence-electron chi connectivity index (χ3n) is 11.2. The van der Waals surface area contributed by atoms with E-state index in [9.17, 15) is 27.6 Å². The molecule has 5 unspecified atom stereocenters. The van der Waals surface area contributed by atoms with Crippen LogP contribution in [0.1, 0.15) is 78.6 Å². The number of amides is 4. The van der Waals surface area contributed by atoms with Crippen molar-refractivity contribution in [3.8, 4) is 17.0 Å². The second-order valence-corrected chi connectivity index (χ2v) is 18.8. The molecule has 2 aliphatic carbocycles. The van der Waals surface area contributed by atoms with Gasteiger partial charge in [0.05, 0.1) is 17.5 Å². The number of pyridine rings is 1. The minimum atomic E-state index is -3.91. The van der Waals surface area contributed by atoms with Crippen LogP contribution >= 0.6 is 0 Å². The van der Waals surface area contributed by atoms with Gasteiger partial charge in [0.15, 0.2) is 11.3 Å². The number of fused-ring (bicyclic) bond motifs is 5. The number of benzene rings is 2. The number of nitrogens with one attached hydrogen (secondary N) is 3. The van der Waals surface area contributed by atoms with E-state index in [1.807, 2.05) is 66.7 Å². The summed E-state index contributed by atoms with van der Waals surface area (Å²) in [4.78, 5) is 62.5. The van der Waals surface area contributed by atoms with Gasteiger partial charge in [-0.25, -0.2) is 18.2 Å². The smallest absolute Gasteiger partial charge is 0.408 e. The summed E-state index contributed by atoms with van der Waals surface area (Å²) in [5, 5.41) is 5.83. The number of nitrogens with zero attached hydrogens (tertiary/aromatic N) is 2. The molecule has 0 bridgehead atoms. The lowest BCUT2D eigenvalue weighted by Gasteiger charge is -2.30. The number of hydrogen-bond donors (Lipinski definition) is 3. The summed E-state index contributed by atoms with van der Waals surface area (Å²) >= 11 is 0. The highest BCUT2D eigenvalue weighted by atomic mass is 32.2. The molecule has 15 heteroatoms. The summed E-state index contributed by atoms with van der Waals surface area (Å²) in [6, 6.07) is 16.8. The number of rotatable bonds is 7. The van der Waals surface area contributed by atoms with Gasteiger partial charge in [0.25, 0.3) is 5.91 Å². The number of aromatic nitrogens is 1. The molecule has 2 aromatic heterocycles. The highest BCUT2D eigenvalue weighted by Crippen LogP contribution is 2.46. The molecule has 14 nitrogen and oxygen atoms in total. The van der Waals surface area contributed by atoms with Crippen LogP contribution in [-0.4, -0.2) is 83.2 Å². The lowest BCUT2D eigenvalue weighted by molar-refractivity contribution is -0.141. The first-order chi connectivity index (χ1) is 27.7. The number of sulfonamides is 1. The summed E-state index contributed by atoms with van der Waals surface area (Å²) in [5.41, 5.74) is 0.771. The Morgan fingerprint density at radius 2 is 1.76 bits per heavy atom. The van der Waals surface area contributed by atoms with E-state index in [1.54, 1.807) is 26.8 Å². The van der Waals surface area contributed by atoms with Crippen LogP contribution in [0, 0.1) is 5.92 Å². The Hall–Kier alpha value is -5.44. The molecule has 0 radical (unpaired) electrons. The molecule has 306 valence electrons. The predicted molar refractivity (Wildman–Crippen MR) is 216 cm³/mol. The third-order valence-corrected chi connectivity index (χ3v) is 13.0. The zero-order chi connectivity index (χ0) is 40.8. The zero-order valence-corrected chi connectivity index (χ0v) is 33.7. The van der Waals surface area contributed by atoms with Gasteiger partial charge < -0.3 is 29.4 Å². The maximum atomic E-state index is 14.7. The largest absolute Gasteiger partial charge is 0.484 e. The van der Waals surface area contributed by atoms with Crippen LogP contribution in [0.4, 0.5) is 4.79 Å². The van der Waals surface area contributed by atoms with E-state index in [4.69, 9.17) is 18.9 Å². The quantitative estimate of drug-likeness (QED) is 0.190. The number of alkyl carbamates (subject to hydrolysis) is 1. The van der Waals surface area contributed by atoms with E-state index >= 15 is 0 Å². The van der Waals surface area contributed by atoms with Gasteiger partial charge in [-0.15, -0.1) is 0 Å². The summed E-state index contributed by atoms with van der Waals surface area (Å²) < 4.78 is 46.6. The van der Waals surface area contributed by atoms with Crippen LogP contribution in [0.2, 0.25) is 0 Å². The van der Waals surface area contributed by atoms with Crippen LogP contribution < -0.4 is 20.1 Å². The van der Waals surface area contributed by atoms with E-state index in [1.165, 1.54) is 4.90 Å². The third kappa shape index (κ3) is 8.27. The first kappa shape index (κ1) is 39.4. The number of hydrogen-bond acceptors (Lipinski definition) is 10. The standard InChI is InChI=1S/C43H49N5O9S/c1-42(2,3)57-41(52)45-31-18-11-6-4-5-10-16-27-24-43(27,40(51)47-58(53,54)29-20-21-29)46-38(49)33-22-28(25-48(33)39(31)50)55-35-23-32(26-14-8-7-9-15-26)44-36-30-17-12-13-19-34(30)56-37(35)36/h7-10,12-17,19,23,27-29,31,33H,4-6,11,18,20-22,24-25H2,1-3H3,(H,45,52)(H,46,49)(H,47,51)/b16-10+. The van der Waals surface area contributed by atoms with Crippen molar-refractivity contribution in [1.29, 1.82) is 0 Å². The van der Waals surface area contributed by atoms with E-state index in [-0.39, 0.29) is 19.4 Å². The van der Waals surface area contributed by atoms with Crippen molar-refractivity contribution in [1.82, 2.24) is 25.2 Å². The van der Waals surface area contributed by atoms with Gasteiger partial charge in [-0.1, -0.05) is 67.5 Å². The molecular formula is C43H49N5O9S. The van der Waals surface area contributed by atoms with Crippen LogP contribution in [0.5, 0.6) is 5.75 Å². The first-order valence-electron chi connectivity index (χ1n) is 20.1. The fourth-order valence-corrected chi connectivity index (χ4v) is 9.34. The molecule has 8 rings (SSSR count).